The number of thioether (sulfide) groups is 1. The first-order chi connectivity index (χ1) is 14.0. The van der Waals surface area contributed by atoms with Crippen LogP contribution in [0.5, 0.6) is 11.5 Å². The molecule has 1 atom stereocenters. The van der Waals surface area contributed by atoms with E-state index in [0.29, 0.717) is 23.6 Å². The van der Waals surface area contributed by atoms with E-state index in [1.165, 1.54) is 11.8 Å². The normalized spacial score (nSPS) is 11.4. The molecule has 29 heavy (non-hydrogen) atoms. The second-order valence-electron chi connectivity index (χ2n) is 6.49. The van der Waals surface area contributed by atoms with Gasteiger partial charge in [0.1, 0.15) is 11.5 Å². The molecule has 2 aromatic rings. The summed E-state index contributed by atoms with van der Waals surface area (Å²) in [7, 11) is 3.12. The molecule has 0 spiro atoms. The number of carbonyl (C=O) groups is 2. The molecule has 0 aliphatic carbocycles. The lowest BCUT2D eigenvalue weighted by Gasteiger charge is -2.15. The van der Waals surface area contributed by atoms with Crippen molar-refractivity contribution in [2.24, 2.45) is 0 Å². The molecule has 156 valence electrons. The molecule has 0 saturated carbocycles. The van der Waals surface area contributed by atoms with Gasteiger partial charge in [0.2, 0.25) is 11.8 Å². The van der Waals surface area contributed by atoms with Crippen LogP contribution in [0.25, 0.3) is 0 Å². The van der Waals surface area contributed by atoms with Crippen molar-refractivity contribution in [3.63, 3.8) is 0 Å². The fourth-order valence-corrected chi connectivity index (χ4v) is 3.44. The zero-order valence-corrected chi connectivity index (χ0v) is 18.1. The molecule has 2 rings (SSSR count). The van der Waals surface area contributed by atoms with Gasteiger partial charge < -0.3 is 20.1 Å². The van der Waals surface area contributed by atoms with Crippen LogP contribution in [0.1, 0.15) is 33.1 Å². The van der Waals surface area contributed by atoms with Crippen molar-refractivity contribution in [3.05, 3.63) is 42.5 Å². The molecule has 2 amide bonds. The summed E-state index contributed by atoms with van der Waals surface area (Å²) in [5.41, 5.74) is 1.35. The van der Waals surface area contributed by atoms with Crippen molar-refractivity contribution in [3.8, 4) is 11.5 Å². The number of benzene rings is 2. The Morgan fingerprint density at radius 2 is 1.76 bits per heavy atom. The molecule has 0 aromatic heterocycles. The topological polar surface area (TPSA) is 76.7 Å². The van der Waals surface area contributed by atoms with Gasteiger partial charge in [-0.1, -0.05) is 13.3 Å². The van der Waals surface area contributed by atoms with Gasteiger partial charge in [0, 0.05) is 23.1 Å². The second-order valence-corrected chi connectivity index (χ2v) is 7.91. The summed E-state index contributed by atoms with van der Waals surface area (Å²) in [6.07, 6.45) is 2.40. The predicted molar refractivity (Wildman–Crippen MR) is 118 cm³/mol. The number of hydrogen-bond donors (Lipinski definition) is 2. The van der Waals surface area contributed by atoms with E-state index in [0.717, 1.165) is 23.4 Å². The van der Waals surface area contributed by atoms with E-state index in [1.54, 1.807) is 32.4 Å². The van der Waals surface area contributed by atoms with Gasteiger partial charge >= 0.3 is 0 Å². The Morgan fingerprint density at radius 3 is 2.38 bits per heavy atom. The number of unbranched alkanes of at least 4 members (excludes halogenated alkanes) is 1. The number of methoxy groups -OCH3 is 2. The number of nitrogens with one attached hydrogen (secondary N) is 2. The van der Waals surface area contributed by atoms with E-state index < -0.39 is 0 Å². The molecular formula is C22H28N2O4S. The van der Waals surface area contributed by atoms with Crippen molar-refractivity contribution >= 4 is 35.0 Å². The molecule has 6 nitrogen and oxygen atoms in total. The van der Waals surface area contributed by atoms with Gasteiger partial charge in [0.15, 0.2) is 0 Å². The van der Waals surface area contributed by atoms with Gasteiger partial charge in [-0.15, -0.1) is 11.8 Å². The first-order valence-electron chi connectivity index (χ1n) is 9.56. The quantitative estimate of drug-likeness (QED) is 0.536. The number of rotatable bonds is 10. The van der Waals surface area contributed by atoms with Crippen LogP contribution in [-0.4, -0.2) is 31.3 Å². The molecule has 0 radical (unpaired) electrons. The molecule has 0 fully saturated rings. The van der Waals surface area contributed by atoms with Crippen molar-refractivity contribution < 1.29 is 19.1 Å². The van der Waals surface area contributed by atoms with Crippen LogP contribution in [-0.2, 0) is 9.59 Å². The maximum Gasteiger partial charge on any atom is 0.237 e. The van der Waals surface area contributed by atoms with E-state index in [1.807, 2.05) is 31.2 Å². The third kappa shape index (κ3) is 7.02. The first-order valence-corrected chi connectivity index (χ1v) is 10.4. The molecule has 7 heteroatoms. The smallest absolute Gasteiger partial charge is 0.237 e. The third-order valence-corrected chi connectivity index (χ3v) is 5.36. The molecule has 1 unspecified atom stereocenters. The monoisotopic (exact) mass is 416 g/mol. The van der Waals surface area contributed by atoms with Gasteiger partial charge in [0.05, 0.1) is 25.2 Å². The SMILES string of the molecule is CCCCC(=O)Nc1ccc(SC(C)C(=O)Nc2ccc(OC)cc2OC)cc1. The molecular weight excluding hydrogens is 388 g/mol. The molecule has 2 N–H and O–H groups in total. The molecule has 0 aliphatic heterocycles. The summed E-state index contributed by atoms with van der Waals surface area (Å²) in [4.78, 5) is 25.3. The van der Waals surface area contributed by atoms with Gasteiger partial charge in [-0.2, -0.15) is 0 Å². The molecule has 0 bridgehead atoms. The molecule has 0 saturated heterocycles. The Labute approximate surface area is 176 Å². The highest BCUT2D eigenvalue weighted by molar-refractivity contribution is 8.00. The average Bonchev–Trinajstić information content (AvgIpc) is 2.73. The number of ether oxygens (including phenoxy) is 2. The summed E-state index contributed by atoms with van der Waals surface area (Å²) < 4.78 is 10.5. The number of amides is 2. The van der Waals surface area contributed by atoms with Crippen LogP contribution in [0, 0.1) is 0 Å². The minimum Gasteiger partial charge on any atom is -0.497 e. The summed E-state index contributed by atoms with van der Waals surface area (Å²) >= 11 is 1.44. The fraction of sp³-hybridized carbons (Fsp3) is 0.364. The summed E-state index contributed by atoms with van der Waals surface area (Å²) in [6, 6.07) is 12.7. The van der Waals surface area contributed by atoms with E-state index in [-0.39, 0.29) is 17.1 Å². The zero-order chi connectivity index (χ0) is 21.2. The van der Waals surface area contributed by atoms with Crippen molar-refractivity contribution in [2.45, 2.75) is 43.3 Å². The lowest BCUT2D eigenvalue weighted by molar-refractivity contribution is -0.116. The van der Waals surface area contributed by atoms with E-state index >= 15 is 0 Å². The van der Waals surface area contributed by atoms with Crippen LogP contribution < -0.4 is 20.1 Å². The minimum atomic E-state index is -0.313. The Morgan fingerprint density at radius 1 is 1.03 bits per heavy atom. The second kappa shape index (κ2) is 11.4. The summed E-state index contributed by atoms with van der Waals surface area (Å²) in [5, 5.41) is 5.46. The van der Waals surface area contributed by atoms with Crippen LogP contribution in [0.2, 0.25) is 0 Å². The van der Waals surface area contributed by atoms with Crippen molar-refractivity contribution in [2.75, 3.05) is 24.9 Å². The number of hydrogen-bond acceptors (Lipinski definition) is 5. The van der Waals surface area contributed by atoms with E-state index in [4.69, 9.17) is 9.47 Å². The van der Waals surface area contributed by atoms with Gasteiger partial charge in [-0.25, -0.2) is 0 Å². The highest BCUT2D eigenvalue weighted by Crippen LogP contribution is 2.31. The standard InChI is InChI=1S/C22H28N2O4S/c1-5-6-7-21(25)23-16-8-11-18(12-9-16)29-15(2)22(26)24-19-13-10-17(27-3)14-20(19)28-4/h8-15H,5-7H2,1-4H3,(H,23,25)(H,24,26). The number of carbonyl (C=O) groups excluding carboxylic acids is 2. The highest BCUT2D eigenvalue weighted by atomic mass is 32.2. The zero-order valence-electron chi connectivity index (χ0n) is 17.3. The van der Waals surface area contributed by atoms with Crippen LogP contribution in [0.15, 0.2) is 47.4 Å². The minimum absolute atomic E-state index is 0.0217. The fourth-order valence-electron chi connectivity index (χ4n) is 2.57. The van der Waals surface area contributed by atoms with Crippen LogP contribution in [0.4, 0.5) is 11.4 Å². The number of anilines is 2. The Bertz CT molecular complexity index is 824. The molecule has 0 aliphatic rings. The maximum absolute atomic E-state index is 12.6. The Kier molecular flexibility index (Phi) is 8.86. The molecule has 0 heterocycles. The average molecular weight is 417 g/mol. The lowest BCUT2D eigenvalue weighted by atomic mass is 10.2. The van der Waals surface area contributed by atoms with E-state index in [9.17, 15) is 9.59 Å². The Hall–Kier alpha value is -2.67. The third-order valence-electron chi connectivity index (χ3n) is 4.24. The van der Waals surface area contributed by atoms with Crippen LogP contribution in [0.3, 0.4) is 0 Å². The maximum atomic E-state index is 12.6. The van der Waals surface area contributed by atoms with E-state index in [2.05, 4.69) is 17.6 Å². The largest absolute Gasteiger partial charge is 0.497 e. The first kappa shape index (κ1) is 22.6. The summed E-state index contributed by atoms with van der Waals surface area (Å²) in [6.45, 7) is 3.90. The van der Waals surface area contributed by atoms with Gasteiger partial charge in [-0.05, 0) is 49.7 Å². The molecule has 2 aromatic carbocycles. The van der Waals surface area contributed by atoms with Gasteiger partial charge in [0.25, 0.3) is 0 Å². The lowest BCUT2D eigenvalue weighted by Crippen LogP contribution is -2.22. The predicted octanol–water partition coefficient (Wildman–Crippen LogP) is 4.95. The van der Waals surface area contributed by atoms with Crippen molar-refractivity contribution in [1.29, 1.82) is 0 Å². The van der Waals surface area contributed by atoms with Crippen LogP contribution >= 0.6 is 11.8 Å². The summed E-state index contributed by atoms with van der Waals surface area (Å²) in [5.74, 6) is 1.09. The Balaban J connectivity index is 1.93. The highest BCUT2D eigenvalue weighted by Gasteiger charge is 2.17. The van der Waals surface area contributed by atoms with Gasteiger partial charge in [-0.3, -0.25) is 9.59 Å². The van der Waals surface area contributed by atoms with Crippen molar-refractivity contribution in [1.82, 2.24) is 0 Å².